The first-order valence-electron chi connectivity index (χ1n) is 5.12. The van der Waals surface area contributed by atoms with E-state index >= 15 is 0 Å². The second-order valence-corrected chi connectivity index (χ2v) is 5.27. The molecule has 88 valence electrons. The third-order valence-corrected chi connectivity index (χ3v) is 3.40. The van der Waals surface area contributed by atoms with Crippen LogP contribution in [0.15, 0.2) is 0 Å². The zero-order valence-electron chi connectivity index (χ0n) is 9.53. The quantitative estimate of drug-likeness (QED) is 0.589. The van der Waals surface area contributed by atoms with Gasteiger partial charge in [-0.05, 0) is 12.0 Å². The van der Waals surface area contributed by atoms with Crippen LogP contribution in [0, 0.1) is 11.3 Å². The van der Waals surface area contributed by atoms with Crippen LogP contribution in [-0.2, 0) is 0 Å². The van der Waals surface area contributed by atoms with Gasteiger partial charge in [-0.2, -0.15) is 0 Å². The van der Waals surface area contributed by atoms with E-state index in [-0.39, 0.29) is 17.9 Å². The zero-order valence-corrected chi connectivity index (χ0v) is 9.53. The molecule has 0 aliphatic carbocycles. The molecule has 1 fully saturated rings. The van der Waals surface area contributed by atoms with Crippen LogP contribution in [0.5, 0.6) is 0 Å². The predicted octanol–water partition coefficient (Wildman–Crippen LogP) is 0.332. The number of carboxylic acid groups (broad SMARTS) is 1. The summed E-state index contributed by atoms with van der Waals surface area (Å²) in [6.45, 7) is 6.48. The number of nitrogens with two attached hydrogens (primary N) is 1. The average Bonchev–Trinajstić information content (AvgIpc) is 2.43. The molecule has 0 radical (unpaired) electrons. The lowest BCUT2D eigenvalue weighted by Gasteiger charge is -2.40. The van der Waals surface area contributed by atoms with Crippen LogP contribution in [0.2, 0.25) is 0 Å². The molecule has 4 N–H and O–H groups in total. The van der Waals surface area contributed by atoms with Gasteiger partial charge in [-0.3, -0.25) is 0 Å². The van der Waals surface area contributed by atoms with Crippen LogP contribution in [0.25, 0.3) is 0 Å². The minimum absolute atomic E-state index is 0.147. The Labute approximate surface area is 89.9 Å². The van der Waals surface area contributed by atoms with E-state index in [2.05, 4.69) is 0 Å². The first kappa shape index (κ1) is 12.3. The SMILES string of the molecule is CC(C)(C)[C@]1(O)CN(C(=O)O)C[C@@H]1CN. The number of nitrogens with zero attached hydrogens (tertiary/aromatic N) is 1. The van der Waals surface area contributed by atoms with E-state index in [1.54, 1.807) is 0 Å². The first-order chi connectivity index (χ1) is 6.72. The molecule has 1 aliphatic rings. The Bertz CT molecular complexity index is 262. The normalized spacial score (nSPS) is 32.1. The van der Waals surface area contributed by atoms with E-state index < -0.39 is 11.7 Å². The number of aliphatic hydroxyl groups is 1. The average molecular weight is 216 g/mol. The van der Waals surface area contributed by atoms with Crippen LogP contribution in [-0.4, -0.2) is 46.4 Å². The molecular formula is C10H20N2O3. The highest BCUT2D eigenvalue weighted by molar-refractivity contribution is 5.65. The highest BCUT2D eigenvalue weighted by Crippen LogP contribution is 2.41. The van der Waals surface area contributed by atoms with Gasteiger partial charge < -0.3 is 20.8 Å². The largest absolute Gasteiger partial charge is 0.465 e. The van der Waals surface area contributed by atoms with E-state index in [0.29, 0.717) is 13.1 Å². The molecule has 1 rings (SSSR count). The Hall–Kier alpha value is -0.810. The Morgan fingerprint density at radius 2 is 2.13 bits per heavy atom. The van der Waals surface area contributed by atoms with Crippen LogP contribution in [0.4, 0.5) is 4.79 Å². The maximum atomic E-state index is 10.9. The highest BCUT2D eigenvalue weighted by atomic mass is 16.4. The molecule has 1 saturated heterocycles. The third-order valence-electron chi connectivity index (χ3n) is 3.40. The Kier molecular flexibility index (Phi) is 2.98. The zero-order chi connectivity index (χ0) is 11.9. The molecule has 5 heteroatoms. The summed E-state index contributed by atoms with van der Waals surface area (Å²) >= 11 is 0. The van der Waals surface area contributed by atoms with Gasteiger partial charge in [0.1, 0.15) is 0 Å². The summed E-state index contributed by atoms with van der Waals surface area (Å²) in [7, 11) is 0. The molecule has 5 nitrogen and oxygen atoms in total. The van der Waals surface area contributed by atoms with Crippen LogP contribution < -0.4 is 5.73 Å². The molecule has 1 amide bonds. The van der Waals surface area contributed by atoms with Crippen LogP contribution in [0.3, 0.4) is 0 Å². The molecule has 2 atom stereocenters. The number of hydrogen-bond donors (Lipinski definition) is 3. The van der Waals surface area contributed by atoms with Gasteiger partial charge >= 0.3 is 6.09 Å². The van der Waals surface area contributed by atoms with Gasteiger partial charge in [0.05, 0.1) is 12.1 Å². The monoisotopic (exact) mass is 216 g/mol. The fourth-order valence-electron chi connectivity index (χ4n) is 2.17. The van der Waals surface area contributed by atoms with Gasteiger partial charge in [0, 0.05) is 12.5 Å². The van der Waals surface area contributed by atoms with E-state index in [9.17, 15) is 9.90 Å². The lowest BCUT2D eigenvalue weighted by atomic mass is 9.70. The summed E-state index contributed by atoms with van der Waals surface area (Å²) in [4.78, 5) is 12.1. The number of likely N-dealkylation sites (tertiary alicyclic amines) is 1. The fraction of sp³-hybridized carbons (Fsp3) is 0.900. The summed E-state index contributed by atoms with van der Waals surface area (Å²) in [5.74, 6) is -0.186. The van der Waals surface area contributed by atoms with Crippen molar-refractivity contribution < 1.29 is 15.0 Å². The van der Waals surface area contributed by atoms with E-state index in [1.807, 2.05) is 20.8 Å². The number of carbonyl (C=O) groups is 1. The molecule has 0 aromatic rings. The molecule has 0 aromatic heterocycles. The van der Waals surface area contributed by atoms with Gasteiger partial charge in [-0.25, -0.2) is 4.79 Å². The van der Waals surface area contributed by atoms with Gasteiger partial charge in [0.15, 0.2) is 0 Å². The number of hydrogen-bond acceptors (Lipinski definition) is 3. The first-order valence-corrected chi connectivity index (χ1v) is 5.12. The van der Waals surface area contributed by atoms with Crippen molar-refractivity contribution in [2.75, 3.05) is 19.6 Å². The minimum atomic E-state index is -1.03. The van der Waals surface area contributed by atoms with Crippen molar-refractivity contribution >= 4 is 6.09 Å². The lowest BCUT2D eigenvalue weighted by molar-refractivity contribution is -0.0761. The van der Waals surface area contributed by atoms with Crippen molar-refractivity contribution in [2.24, 2.45) is 17.1 Å². The third kappa shape index (κ3) is 1.94. The maximum absolute atomic E-state index is 10.9. The number of rotatable bonds is 1. The molecule has 15 heavy (non-hydrogen) atoms. The van der Waals surface area contributed by atoms with E-state index in [4.69, 9.17) is 10.8 Å². The fourth-order valence-corrected chi connectivity index (χ4v) is 2.17. The van der Waals surface area contributed by atoms with Gasteiger partial charge in [0.25, 0.3) is 0 Å². The Balaban J connectivity index is 2.94. The van der Waals surface area contributed by atoms with Crippen molar-refractivity contribution in [3.05, 3.63) is 0 Å². The topological polar surface area (TPSA) is 86.8 Å². The van der Waals surface area contributed by atoms with Gasteiger partial charge in [-0.1, -0.05) is 20.8 Å². The van der Waals surface area contributed by atoms with Crippen molar-refractivity contribution in [2.45, 2.75) is 26.4 Å². The second-order valence-electron chi connectivity index (χ2n) is 5.27. The molecule has 0 saturated carbocycles. The molecule has 0 bridgehead atoms. The number of amides is 1. The van der Waals surface area contributed by atoms with E-state index in [1.165, 1.54) is 4.90 Å². The molecule has 0 spiro atoms. The Morgan fingerprint density at radius 3 is 2.40 bits per heavy atom. The lowest BCUT2D eigenvalue weighted by Crippen LogP contribution is -2.52. The summed E-state index contributed by atoms with van der Waals surface area (Å²) in [6, 6.07) is 0. The predicted molar refractivity (Wildman–Crippen MR) is 56.5 cm³/mol. The molecular weight excluding hydrogens is 196 g/mol. The van der Waals surface area contributed by atoms with Crippen molar-refractivity contribution in [3.8, 4) is 0 Å². The second kappa shape index (κ2) is 3.64. The van der Waals surface area contributed by atoms with Crippen LogP contribution >= 0.6 is 0 Å². The Morgan fingerprint density at radius 1 is 1.60 bits per heavy atom. The minimum Gasteiger partial charge on any atom is -0.465 e. The van der Waals surface area contributed by atoms with Crippen LogP contribution in [0.1, 0.15) is 20.8 Å². The smallest absolute Gasteiger partial charge is 0.407 e. The summed E-state index contributed by atoms with van der Waals surface area (Å²) in [5.41, 5.74) is 4.19. The molecule has 1 aliphatic heterocycles. The van der Waals surface area contributed by atoms with Gasteiger partial charge in [0.2, 0.25) is 0 Å². The van der Waals surface area contributed by atoms with Crippen molar-refractivity contribution in [1.29, 1.82) is 0 Å². The summed E-state index contributed by atoms with van der Waals surface area (Å²) in [5, 5.41) is 19.4. The standard InChI is InChI=1S/C10H20N2O3/c1-9(2,3)10(15)6-12(8(13)14)5-7(10)4-11/h7,15H,4-6,11H2,1-3H3,(H,13,14)/t7-,10-/m0/s1. The molecule has 1 heterocycles. The van der Waals surface area contributed by atoms with E-state index in [0.717, 1.165) is 0 Å². The van der Waals surface area contributed by atoms with Crippen molar-refractivity contribution in [3.63, 3.8) is 0 Å². The highest BCUT2D eigenvalue weighted by Gasteiger charge is 2.53. The molecule has 0 aromatic carbocycles. The number of β-amino-alcohol motifs (C(OH)–C–C–N with tert-alkyl or cyclic N) is 1. The summed E-state index contributed by atoms with van der Waals surface area (Å²) in [6.07, 6.45) is -0.992. The van der Waals surface area contributed by atoms with Gasteiger partial charge in [-0.15, -0.1) is 0 Å². The maximum Gasteiger partial charge on any atom is 0.407 e. The molecule has 0 unspecified atom stereocenters. The van der Waals surface area contributed by atoms with Crippen molar-refractivity contribution in [1.82, 2.24) is 4.90 Å². The summed E-state index contributed by atoms with van der Waals surface area (Å²) < 4.78 is 0.